The summed E-state index contributed by atoms with van der Waals surface area (Å²) in [5.74, 6) is -0.555. The molecule has 0 amide bonds. The zero-order valence-electron chi connectivity index (χ0n) is 6.52. The van der Waals surface area contributed by atoms with Gasteiger partial charge in [-0.1, -0.05) is 13.3 Å². The van der Waals surface area contributed by atoms with Crippen LogP contribution in [0.5, 0.6) is 0 Å². The molecule has 0 aromatic carbocycles. The Hall–Kier alpha value is 0.444. The van der Waals surface area contributed by atoms with Crippen LogP contribution in [-0.2, 0) is 42.3 Å². The SMILES string of the molecule is CCCCC(=O)C(C)=O.[Y]. The van der Waals surface area contributed by atoms with E-state index in [1.54, 1.807) is 0 Å². The first kappa shape index (κ1) is 13.1. The van der Waals surface area contributed by atoms with Gasteiger partial charge in [0, 0.05) is 46.1 Å². The van der Waals surface area contributed by atoms with Crippen LogP contribution in [0.4, 0.5) is 0 Å². The van der Waals surface area contributed by atoms with Crippen LogP contribution in [0.1, 0.15) is 33.1 Å². The molecule has 1 radical (unpaired) electrons. The van der Waals surface area contributed by atoms with Gasteiger partial charge in [-0.3, -0.25) is 9.59 Å². The molecule has 3 heteroatoms. The largest absolute Gasteiger partial charge is 0.291 e. The molecule has 0 heterocycles. The van der Waals surface area contributed by atoms with E-state index in [1.165, 1.54) is 6.92 Å². The molecule has 0 saturated heterocycles. The van der Waals surface area contributed by atoms with Crippen molar-refractivity contribution in [3.05, 3.63) is 0 Å². The fraction of sp³-hybridized carbons (Fsp3) is 0.714. The van der Waals surface area contributed by atoms with Crippen molar-refractivity contribution in [2.24, 2.45) is 0 Å². The Labute approximate surface area is 86.6 Å². The molecule has 10 heavy (non-hydrogen) atoms. The average molecular weight is 217 g/mol. The fourth-order valence-corrected chi connectivity index (χ4v) is 0.513. The molecule has 0 aliphatic carbocycles. The Balaban J connectivity index is 0. The van der Waals surface area contributed by atoms with Crippen LogP contribution >= 0.6 is 0 Å². The second kappa shape index (κ2) is 7.55. The predicted octanol–water partition coefficient (Wildman–Crippen LogP) is 1.33. The first-order valence-electron chi connectivity index (χ1n) is 3.22. The summed E-state index contributed by atoms with van der Waals surface area (Å²) < 4.78 is 0. The molecule has 0 aliphatic rings. The van der Waals surface area contributed by atoms with Crippen molar-refractivity contribution in [2.75, 3.05) is 0 Å². The van der Waals surface area contributed by atoms with Gasteiger partial charge >= 0.3 is 0 Å². The minimum atomic E-state index is -0.316. The van der Waals surface area contributed by atoms with Crippen LogP contribution in [0.15, 0.2) is 0 Å². The number of rotatable bonds is 4. The summed E-state index contributed by atoms with van der Waals surface area (Å²) in [6.45, 7) is 3.31. The van der Waals surface area contributed by atoms with Crippen molar-refractivity contribution in [2.45, 2.75) is 33.1 Å². The van der Waals surface area contributed by atoms with Gasteiger partial charge < -0.3 is 0 Å². The van der Waals surface area contributed by atoms with E-state index < -0.39 is 0 Å². The van der Waals surface area contributed by atoms with E-state index in [9.17, 15) is 9.59 Å². The van der Waals surface area contributed by atoms with Crippen LogP contribution in [0.2, 0.25) is 0 Å². The molecule has 0 rings (SSSR count). The number of unbranched alkanes of at least 4 members (excludes halogenated alkanes) is 1. The van der Waals surface area contributed by atoms with E-state index in [-0.39, 0.29) is 44.3 Å². The van der Waals surface area contributed by atoms with Gasteiger partial charge in [0.05, 0.1) is 0 Å². The number of carbonyl (C=O) groups is 2. The first-order chi connectivity index (χ1) is 4.18. The number of ketones is 2. The fourth-order valence-electron chi connectivity index (χ4n) is 0.513. The van der Waals surface area contributed by atoms with Gasteiger partial charge in [0.2, 0.25) is 0 Å². The van der Waals surface area contributed by atoms with Crippen molar-refractivity contribution in [3.63, 3.8) is 0 Å². The minimum absolute atomic E-state index is 0. The summed E-state index contributed by atoms with van der Waals surface area (Å²) in [5.41, 5.74) is 0. The standard InChI is InChI=1S/C7H12O2.Y/c1-3-4-5-7(9)6(2)8;/h3-5H2,1-2H3;. The van der Waals surface area contributed by atoms with E-state index >= 15 is 0 Å². The summed E-state index contributed by atoms with van der Waals surface area (Å²) >= 11 is 0. The number of carbonyl (C=O) groups excluding carboxylic acids is 2. The van der Waals surface area contributed by atoms with Crippen molar-refractivity contribution < 1.29 is 42.3 Å². The molecule has 0 bridgehead atoms. The maximum Gasteiger partial charge on any atom is 0.198 e. The quantitative estimate of drug-likeness (QED) is 0.665. The Kier molecular flexibility index (Phi) is 9.86. The Morgan fingerprint density at radius 2 is 1.80 bits per heavy atom. The third kappa shape index (κ3) is 6.56. The topological polar surface area (TPSA) is 34.1 Å². The Bertz CT molecular complexity index is 121. The van der Waals surface area contributed by atoms with E-state index in [4.69, 9.17) is 0 Å². The molecule has 0 N–H and O–H groups in total. The molecule has 0 saturated carbocycles. The number of hydrogen-bond donors (Lipinski definition) is 0. The van der Waals surface area contributed by atoms with Crippen LogP contribution in [0.3, 0.4) is 0 Å². The van der Waals surface area contributed by atoms with E-state index in [0.717, 1.165) is 12.8 Å². The van der Waals surface area contributed by atoms with Gasteiger partial charge in [0.15, 0.2) is 11.6 Å². The molecule has 0 atom stereocenters. The van der Waals surface area contributed by atoms with E-state index in [0.29, 0.717) is 6.42 Å². The van der Waals surface area contributed by atoms with Gasteiger partial charge in [-0.05, 0) is 6.42 Å². The normalized spacial score (nSPS) is 8.20. The van der Waals surface area contributed by atoms with Gasteiger partial charge in [0.1, 0.15) is 0 Å². The van der Waals surface area contributed by atoms with Crippen LogP contribution < -0.4 is 0 Å². The minimum Gasteiger partial charge on any atom is -0.291 e. The molecule has 0 aromatic rings. The third-order valence-electron chi connectivity index (χ3n) is 1.15. The smallest absolute Gasteiger partial charge is 0.198 e. The van der Waals surface area contributed by atoms with Crippen molar-refractivity contribution in [3.8, 4) is 0 Å². The Morgan fingerprint density at radius 1 is 1.30 bits per heavy atom. The average Bonchev–Trinajstić information content (AvgIpc) is 1.82. The second-order valence-corrected chi connectivity index (χ2v) is 2.08. The summed E-state index contributed by atoms with van der Waals surface area (Å²) in [7, 11) is 0. The summed E-state index contributed by atoms with van der Waals surface area (Å²) in [4.78, 5) is 20.9. The molecule has 0 aromatic heterocycles. The summed E-state index contributed by atoms with van der Waals surface area (Å²) in [6.07, 6.45) is 2.23. The zero-order chi connectivity index (χ0) is 7.28. The monoisotopic (exact) mass is 217 g/mol. The zero-order valence-corrected chi connectivity index (χ0v) is 9.35. The Morgan fingerprint density at radius 3 is 2.10 bits per heavy atom. The van der Waals surface area contributed by atoms with Crippen molar-refractivity contribution >= 4 is 11.6 Å². The molecule has 55 valence electrons. The summed E-state index contributed by atoms with van der Waals surface area (Å²) in [5, 5.41) is 0. The molecule has 0 unspecified atom stereocenters. The maximum absolute atomic E-state index is 10.6. The molecular formula is C7H12O2Y. The van der Waals surface area contributed by atoms with Crippen LogP contribution in [-0.4, -0.2) is 11.6 Å². The molecule has 0 aliphatic heterocycles. The first-order valence-corrected chi connectivity index (χ1v) is 3.22. The summed E-state index contributed by atoms with van der Waals surface area (Å²) in [6, 6.07) is 0. The molecule has 2 nitrogen and oxygen atoms in total. The van der Waals surface area contributed by atoms with E-state index in [2.05, 4.69) is 0 Å². The maximum atomic E-state index is 10.6. The van der Waals surface area contributed by atoms with Gasteiger partial charge in [0.25, 0.3) is 0 Å². The van der Waals surface area contributed by atoms with Gasteiger partial charge in [-0.2, -0.15) is 0 Å². The van der Waals surface area contributed by atoms with Gasteiger partial charge in [-0.15, -0.1) is 0 Å². The van der Waals surface area contributed by atoms with Crippen LogP contribution in [0, 0.1) is 0 Å². The van der Waals surface area contributed by atoms with E-state index in [1.807, 2.05) is 6.92 Å². The predicted molar refractivity (Wildman–Crippen MR) is 35.2 cm³/mol. The van der Waals surface area contributed by atoms with Crippen molar-refractivity contribution in [1.29, 1.82) is 0 Å². The molecular weight excluding hydrogens is 205 g/mol. The number of hydrogen-bond acceptors (Lipinski definition) is 2. The van der Waals surface area contributed by atoms with Gasteiger partial charge in [-0.25, -0.2) is 0 Å². The van der Waals surface area contributed by atoms with Crippen molar-refractivity contribution in [1.82, 2.24) is 0 Å². The molecule has 0 fully saturated rings. The van der Waals surface area contributed by atoms with Crippen LogP contribution in [0.25, 0.3) is 0 Å². The molecule has 0 spiro atoms. The number of Topliss-reactive ketones (excluding diaryl/α,β-unsaturated/α-hetero) is 2. The second-order valence-electron chi connectivity index (χ2n) is 2.08. The third-order valence-corrected chi connectivity index (χ3v) is 1.15.